The van der Waals surface area contributed by atoms with Crippen LogP contribution in [-0.2, 0) is 4.79 Å². The summed E-state index contributed by atoms with van der Waals surface area (Å²) in [7, 11) is 0. The van der Waals surface area contributed by atoms with Gasteiger partial charge in [-0.05, 0) is 67.6 Å². The topological polar surface area (TPSA) is 82.6 Å². The van der Waals surface area contributed by atoms with Crippen LogP contribution in [-0.4, -0.2) is 17.5 Å². The summed E-state index contributed by atoms with van der Waals surface area (Å²) in [5.41, 5.74) is 5.60. The highest BCUT2D eigenvalue weighted by Crippen LogP contribution is 2.18. The number of benzene rings is 3. The molecule has 3 aromatic carbocycles. The highest BCUT2D eigenvalue weighted by molar-refractivity contribution is 6.06. The van der Waals surface area contributed by atoms with Gasteiger partial charge in [-0.2, -0.15) is 5.10 Å². The summed E-state index contributed by atoms with van der Waals surface area (Å²) in [5, 5.41) is 9.97. The fraction of sp³-hybridized carbons (Fsp3) is 0.0870. The Morgan fingerprint density at radius 3 is 2.10 bits per heavy atom. The third-order valence-corrected chi connectivity index (χ3v) is 4.10. The fourth-order valence-electron chi connectivity index (χ4n) is 2.61. The molecule has 0 aliphatic rings. The van der Waals surface area contributed by atoms with E-state index in [0.717, 1.165) is 11.4 Å². The van der Waals surface area contributed by atoms with Crippen molar-refractivity contribution >= 4 is 34.6 Å². The van der Waals surface area contributed by atoms with Gasteiger partial charge in [0.05, 0.1) is 6.42 Å². The number of anilines is 3. The van der Waals surface area contributed by atoms with Crippen molar-refractivity contribution in [3.8, 4) is 0 Å². The molecular formula is C23H21FN4O2. The minimum Gasteiger partial charge on any atom is -0.356 e. The highest BCUT2D eigenvalue weighted by Gasteiger charge is 2.07. The van der Waals surface area contributed by atoms with Crippen molar-refractivity contribution < 1.29 is 14.0 Å². The van der Waals surface area contributed by atoms with Gasteiger partial charge in [0.15, 0.2) is 0 Å². The van der Waals surface area contributed by atoms with Gasteiger partial charge >= 0.3 is 0 Å². The second-order valence-corrected chi connectivity index (χ2v) is 6.59. The number of para-hydroxylation sites is 1. The van der Waals surface area contributed by atoms with Crippen LogP contribution in [0.5, 0.6) is 0 Å². The molecule has 0 heterocycles. The Hall–Kier alpha value is -4.00. The van der Waals surface area contributed by atoms with Gasteiger partial charge in [-0.1, -0.05) is 18.2 Å². The van der Waals surface area contributed by atoms with Crippen LogP contribution in [0.25, 0.3) is 0 Å². The van der Waals surface area contributed by atoms with Gasteiger partial charge in [-0.15, -0.1) is 0 Å². The lowest BCUT2D eigenvalue weighted by Gasteiger charge is -2.09. The van der Waals surface area contributed by atoms with Gasteiger partial charge in [0.2, 0.25) is 5.91 Å². The van der Waals surface area contributed by atoms with Crippen molar-refractivity contribution in [3.63, 3.8) is 0 Å². The van der Waals surface area contributed by atoms with E-state index in [1.165, 1.54) is 24.3 Å². The number of hydrazone groups is 1. The van der Waals surface area contributed by atoms with E-state index in [4.69, 9.17) is 0 Å². The van der Waals surface area contributed by atoms with Gasteiger partial charge < -0.3 is 10.6 Å². The summed E-state index contributed by atoms with van der Waals surface area (Å²) in [6.45, 7) is 1.64. The Kier molecular flexibility index (Phi) is 6.89. The van der Waals surface area contributed by atoms with Crippen LogP contribution < -0.4 is 16.1 Å². The molecule has 0 aliphatic carbocycles. The third kappa shape index (κ3) is 6.27. The number of hydrogen-bond donors (Lipinski definition) is 3. The van der Waals surface area contributed by atoms with Gasteiger partial charge in [-0.25, -0.2) is 9.82 Å². The maximum atomic E-state index is 12.9. The summed E-state index contributed by atoms with van der Waals surface area (Å²) in [5.74, 6) is -1.15. The molecule has 3 rings (SSSR count). The minimum atomic E-state index is -0.476. The molecule has 7 heteroatoms. The van der Waals surface area contributed by atoms with E-state index >= 15 is 0 Å². The number of carbonyl (C=O) groups excluding carboxylic acids is 2. The molecule has 0 aliphatic heterocycles. The molecule has 0 saturated carbocycles. The first kappa shape index (κ1) is 20.7. The molecule has 6 nitrogen and oxygen atoms in total. The maximum absolute atomic E-state index is 12.9. The van der Waals surface area contributed by atoms with Gasteiger partial charge in [0, 0.05) is 28.3 Å². The standard InChI is InChI=1S/C23H21FN4O2/c1-16(27-28-23(30)17-7-9-18(24)10-8-17)15-22(29)26-21-13-11-20(12-14-21)25-19-5-3-2-4-6-19/h2-14,25H,15H2,1H3,(H,26,29)(H,28,30)/b27-16+. The molecular weight excluding hydrogens is 383 g/mol. The van der Waals surface area contributed by atoms with Gasteiger partial charge in [0.25, 0.3) is 5.91 Å². The second kappa shape index (κ2) is 9.97. The predicted octanol–water partition coefficient (Wildman–Crippen LogP) is 4.70. The second-order valence-electron chi connectivity index (χ2n) is 6.59. The van der Waals surface area contributed by atoms with Crippen molar-refractivity contribution in [2.75, 3.05) is 10.6 Å². The van der Waals surface area contributed by atoms with Crippen LogP contribution >= 0.6 is 0 Å². The first-order chi connectivity index (χ1) is 14.5. The molecule has 2 amide bonds. The summed E-state index contributed by atoms with van der Waals surface area (Å²) < 4.78 is 12.9. The molecule has 30 heavy (non-hydrogen) atoms. The number of rotatable bonds is 7. The lowest BCUT2D eigenvalue weighted by atomic mass is 10.2. The monoisotopic (exact) mass is 404 g/mol. The Morgan fingerprint density at radius 1 is 0.833 bits per heavy atom. The van der Waals surface area contributed by atoms with E-state index in [1.807, 2.05) is 42.5 Å². The zero-order valence-electron chi connectivity index (χ0n) is 16.4. The molecule has 0 fully saturated rings. The van der Waals surface area contributed by atoms with Crippen LogP contribution in [0.2, 0.25) is 0 Å². The lowest BCUT2D eigenvalue weighted by Crippen LogP contribution is -2.21. The molecule has 3 aromatic rings. The van der Waals surface area contributed by atoms with Crippen molar-refractivity contribution in [2.45, 2.75) is 13.3 Å². The third-order valence-electron chi connectivity index (χ3n) is 4.10. The first-order valence-corrected chi connectivity index (χ1v) is 9.30. The molecule has 0 bridgehead atoms. The Balaban J connectivity index is 1.48. The van der Waals surface area contributed by atoms with Crippen LogP contribution in [0.1, 0.15) is 23.7 Å². The van der Waals surface area contributed by atoms with Gasteiger partial charge in [0.1, 0.15) is 5.82 Å². The maximum Gasteiger partial charge on any atom is 0.271 e. The fourth-order valence-corrected chi connectivity index (χ4v) is 2.61. The largest absolute Gasteiger partial charge is 0.356 e. The Morgan fingerprint density at radius 2 is 1.43 bits per heavy atom. The summed E-state index contributed by atoms with van der Waals surface area (Å²) in [6, 6.07) is 22.2. The summed E-state index contributed by atoms with van der Waals surface area (Å²) >= 11 is 0. The zero-order chi connectivity index (χ0) is 21.3. The smallest absolute Gasteiger partial charge is 0.271 e. The van der Waals surface area contributed by atoms with Crippen LogP contribution in [0.15, 0.2) is 84.0 Å². The molecule has 0 atom stereocenters. The van der Waals surface area contributed by atoms with Crippen molar-refractivity contribution in [1.29, 1.82) is 0 Å². The van der Waals surface area contributed by atoms with E-state index in [-0.39, 0.29) is 17.9 Å². The molecule has 0 radical (unpaired) electrons. The van der Waals surface area contributed by atoms with Crippen LogP contribution in [0.3, 0.4) is 0 Å². The summed E-state index contributed by atoms with van der Waals surface area (Å²) in [6.07, 6.45) is 0.0215. The average molecular weight is 404 g/mol. The molecule has 0 aromatic heterocycles. The number of halogens is 1. The van der Waals surface area contributed by atoms with E-state index < -0.39 is 11.7 Å². The number of nitrogens with zero attached hydrogens (tertiary/aromatic N) is 1. The van der Waals surface area contributed by atoms with Crippen LogP contribution in [0, 0.1) is 5.82 Å². The number of nitrogens with one attached hydrogen (secondary N) is 3. The van der Waals surface area contributed by atoms with E-state index in [1.54, 1.807) is 19.1 Å². The Labute approximate surface area is 173 Å². The van der Waals surface area contributed by atoms with E-state index in [2.05, 4.69) is 21.2 Å². The SMILES string of the molecule is C/C(CC(=O)Nc1ccc(Nc2ccccc2)cc1)=N\NC(=O)c1ccc(F)cc1. The molecule has 0 unspecified atom stereocenters. The summed E-state index contributed by atoms with van der Waals surface area (Å²) in [4.78, 5) is 24.1. The molecule has 152 valence electrons. The first-order valence-electron chi connectivity index (χ1n) is 9.30. The van der Waals surface area contributed by atoms with Crippen molar-refractivity contribution in [1.82, 2.24) is 5.43 Å². The number of carbonyl (C=O) groups is 2. The van der Waals surface area contributed by atoms with Crippen molar-refractivity contribution in [2.24, 2.45) is 5.10 Å². The minimum absolute atomic E-state index is 0.0215. The number of amides is 2. The zero-order valence-corrected chi connectivity index (χ0v) is 16.4. The quantitative estimate of drug-likeness (QED) is 0.394. The van der Waals surface area contributed by atoms with Crippen LogP contribution in [0.4, 0.5) is 21.5 Å². The highest BCUT2D eigenvalue weighted by atomic mass is 19.1. The van der Waals surface area contributed by atoms with E-state index in [9.17, 15) is 14.0 Å². The molecule has 3 N–H and O–H groups in total. The normalized spacial score (nSPS) is 10.9. The average Bonchev–Trinajstić information content (AvgIpc) is 2.74. The lowest BCUT2D eigenvalue weighted by molar-refractivity contribution is -0.115. The molecule has 0 spiro atoms. The van der Waals surface area contributed by atoms with E-state index in [0.29, 0.717) is 11.4 Å². The predicted molar refractivity (Wildman–Crippen MR) is 116 cm³/mol. The Bertz CT molecular complexity index is 1030. The molecule has 0 saturated heterocycles. The van der Waals surface area contributed by atoms with Gasteiger partial charge in [-0.3, -0.25) is 9.59 Å². The number of hydrogen-bond acceptors (Lipinski definition) is 4. The van der Waals surface area contributed by atoms with Crippen molar-refractivity contribution in [3.05, 3.63) is 90.2 Å².